The van der Waals surface area contributed by atoms with Crippen molar-refractivity contribution in [1.29, 1.82) is 0 Å². The highest BCUT2D eigenvalue weighted by Crippen LogP contribution is 2.60. The number of nitrogens with one attached hydrogen (secondary N) is 1. The maximum absolute atomic E-state index is 14.6. The van der Waals surface area contributed by atoms with Crippen LogP contribution in [0.15, 0.2) is 48.5 Å². The summed E-state index contributed by atoms with van der Waals surface area (Å²) in [6, 6.07) is 13.7. The van der Waals surface area contributed by atoms with E-state index in [1.165, 1.54) is 4.90 Å². The molecule has 0 radical (unpaired) electrons. The van der Waals surface area contributed by atoms with Crippen LogP contribution in [0.25, 0.3) is 0 Å². The van der Waals surface area contributed by atoms with Gasteiger partial charge in [-0.1, -0.05) is 48.6 Å². The molecule has 2 aromatic carbocycles. The van der Waals surface area contributed by atoms with Crippen molar-refractivity contribution in [3.8, 4) is 0 Å². The molecule has 39 heavy (non-hydrogen) atoms. The second-order valence-corrected chi connectivity index (χ2v) is 12.5. The normalized spacial score (nSPS) is 25.7. The number of imide groups is 1. The van der Waals surface area contributed by atoms with E-state index in [1.54, 1.807) is 97.1 Å². The summed E-state index contributed by atoms with van der Waals surface area (Å²) < 4.78 is 11.5. The lowest BCUT2D eigenvalue weighted by atomic mass is 9.65. The topological polar surface area (TPSA) is 105 Å². The SMILES string of the molecule is CN1C(=O)[C@]2(NC(=S)[C@@]3(C(=O)N(C(=O)OC(C)(C)C)c4ccccc43)[C@@H]2C(=O)OC(C)(C)C)c2ccccc21. The number of para-hydroxylation sites is 2. The summed E-state index contributed by atoms with van der Waals surface area (Å²) in [5.74, 6) is -3.48. The fraction of sp³-hybridized carbons (Fsp3) is 0.414. The fourth-order valence-electron chi connectivity index (χ4n) is 5.90. The van der Waals surface area contributed by atoms with Crippen LogP contribution in [0.4, 0.5) is 16.2 Å². The Bertz CT molecular complexity index is 1460. The molecule has 0 aromatic heterocycles. The first kappa shape index (κ1) is 26.8. The van der Waals surface area contributed by atoms with E-state index in [0.29, 0.717) is 16.8 Å². The molecule has 0 aliphatic carbocycles. The number of nitrogens with zero attached hydrogens (tertiary/aromatic N) is 2. The molecule has 3 aliphatic rings. The van der Waals surface area contributed by atoms with Crippen LogP contribution >= 0.6 is 12.2 Å². The molecule has 9 nitrogen and oxygen atoms in total. The number of likely N-dealkylation sites (N-methyl/N-ethyl adjacent to an activating group) is 1. The summed E-state index contributed by atoms with van der Waals surface area (Å²) in [6.45, 7) is 10.2. The first-order valence-electron chi connectivity index (χ1n) is 12.7. The number of benzene rings is 2. The Balaban J connectivity index is 1.81. The molecule has 0 bridgehead atoms. The van der Waals surface area contributed by atoms with Crippen LogP contribution in [-0.4, -0.2) is 47.1 Å². The van der Waals surface area contributed by atoms with Crippen LogP contribution in [0.1, 0.15) is 52.7 Å². The first-order valence-corrected chi connectivity index (χ1v) is 13.1. The Kier molecular flexibility index (Phi) is 5.74. The molecule has 2 aromatic rings. The second kappa shape index (κ2) is 8.35. The van der Waals surface area contributed by atoms with E-state index in [0.717, 1.165) is 4.90 Å². The van der Waals surface area contributed by atoms with Gasteiger partial charge in [-0.25, -0.2) is 9.69 Å². The average molecular weight is 550 g/mol. The highest BCUT2D eigenvalue weighted by atomic mass is 32.1. The standard InChI is InChI=1S/C29H31N3O6S/c1-26(2,3)37-21(33)20-28(22(39)30-29(20)17-13-9-10-14-18(17)31(7)24(29)35)16-12-8-11-15-19(16)32(23(28)34)25(36)38-27(4,5)6/h8-15,20H,1-7H3,(H,30,39)/t20-,28-,29-/m0/s1. The van der Waals surface area contributed by atoms with Crippen LogP contribution in [0.3, 0.4) is 0 Å². The number of hydrogen-bond acceptors (Lipinski definition) is 7. The van der Waals surface area contributed by atoms with Gasteiger partial charge in [-0.15, -0.1) is 0 Å². The summed E-state index contributed by atoms with van der Waals surface area (Å²) in [6.07, 6.45) is -0.904. The molecule has 5 rings (SSSR count). The zero-order chi connectivity index (χ0) is 28.7. The van der Waals surface area contributed by atoms with Gasteiger partial charge in [0.2, 0.25) is 0 Å². The lowest BCUT2D eigenvalue weighted by Gasteiger charge is -2.36. The first-order chi connectivity index (χ1) is 18.1. The Morgan fingerprint density at radius 1 is 0.846 bits per heavy atom. The van der Waals surface area contributed by atoms with Gasteiger partial charge in [0, 0.05) is 18.3 Å². The smallest absolute Gasteiger partial charge is 0.421 e. The zero-order valence-electron chi connectivity index (χ0n) is 22.9. The molecular weight excluding hydrogens is 518 g/mol. The van der Waals surface area contributed by atoms with Crippen LogP contribution < -0.4 is 15.1 Å². The van der Waals surface area contributed by atoms with Gasteiger partial charge in [0.15, 0.2) is 5.54 Å². The molecule has 10 heteroatoms. The summed E-state index contributed by atoms with van der Waals surface area (Å²) in [5, 5.41) is 3.13. The Morgan fingerprint density at radius 3 is 1.97 bits per heavy atom. The number of carbonyl (C=O) groups excluding carboxylic acids is 4. The third-order valence-electron chi connectivity index (χ3n) is 7.20. The molecule has 1 N–H and O–H groups in total. The summed E-state index contributed by atoms with van der Waals surface area (Å²) in [5.41, 5.74) is -3.85. The number of esters is 1. The van der Waals surface area contributed by atoms with Crippen LogP contribution in [-0.2, 0) is 34.8 Å². The molecule has 1 saturated heterocycles. The molecule has 1 fully saturated rings. The van der Waals surface area contributed by atoms with Crippen LogP contribution in [0, 0.1) is 5.92 Å². The highest BCUT2D eigenvalue weighted by Gasteiger charge is 2.77. The van der Waals surface area contributed by atoms with Crippen molar-refractivity contribution in [2.24, 2.45) is 5.92 Å². The lowest BCUT2D eigenvalue weighted by molar-refractivity contribution is -0.167. The van der Waals surface area contributed by atoms with Crippen molar-refractivity contribution in [2.75, 3.05) is 16.8 Å². The van der Waals surface area contributed by atoms with Crippen molar-refractivity contribution in [3.05, 3.63) is 59.7 Å². The fourth-order valence-corrected chi connectivity index (χ4v) is 6.37. The molecule has 3 aliphatic heterocycles. The average Bonchev–Trinajstić information content (AvgIpc) is 3.33. The van der Waals surface area contributed by atoms with Gasteiger partial charge in [0.25, 0.3) is 11.8 Å². The number of rotatable bonds is 1. The molecule has 0 saturated carbocycles. The number of hydrogen-bond donors (Lipinski definition) is 1. The van der Waals surface area contributed by atoms with E-state index < -0.39 is 52.0 Å². The summed E-state index contributed by atoms with van der Waals surface area (Å²) >= 11 is 5.87. The predicted molar refractivity (Wildman–Crippen MR) is 148 cm³/mol. The van der Waals surface area contributed by atoms with Gasteiger partial charge >= 0.3 is 12.1 Å². The maximum atomic E-state index is 14.6. The highest BCUT2D eigenvalue weighted by molar-refractivity contribution is 7.80. The number of anilines is 2. The van der Waals surface area contributed by atoms with Gasteiger partial charge in [-0.3, -0.25) is 14.4 Å². The third-order valence-corrected chi connectivity index (χ3v) is 7.62. The van der Waals surface area contributed by atoms with E-state index in [1.807, 2.05) is 0 Å². The predicted octanol–water partition coefficient (Wildman–Crippen LogP) is 3.97. The van der Waals surface area contributed by atoms with Gasteiger partial charge in [-0.2, -0.15) is 0 Å². The Morgan fingerprint density at radius 2 is 1.38 bits per heavy atom. The Labute approximate surface area is 232 Å². The third kappa shape index (κ3) is 3.61. The van der Waals surface area contributed by atoms with E-state index >= 15 is 0 Å². The number of thiocarbonyl (C=S) groups is 1. The van der Waals surface area contributed by atoms with E-state index in [4.69, 9.17) is 21.7 Å². The lowest BCUT2D eigenvalue weighted by Crippen LogP contribution is -2.58. The molecule has 204 valence electrons. The molecule has 0 unspecified atom stereocenters. The molecular formula is C29H31N3O6S. The second-order valence-electron chi connectivity index (χ2n) is 12.1. The summed E-state index contributed by atoms with van der Waals surface area (Å²) in [4.78, 5) is 58.8. The van der Waals surface area contributed by atoms with Gasteiger partial charge in [-0.05, 0) is 59.2 Å². The number of carbonyl (C=O) groups is 4. The molecule has 3 amide bonds. The summed E-state index contributed by atoms with van der Waals surface area (Å²) in [7, 11) is 1.61. The molecule has 3 heterocycles. The van der Waals surface area contributed by atoms with E-state index in [-0.39, 0.29) is 10.7 Å². The maximum Gasteiger partial charge on any atom is 0.421 e. The Hall–Kier alpha value is -3.79. The zero-order valence-corrected chi connectivity index (χ0v) is 23.8. The number of amides is 3. The van der Waals surface area contributed by atoms with Crippen molar-refractivity contribution < 1.29 is 28.7 Å². The van der Waals surface area contributed by atoms with Crippen molar-refractivity contribution in [3.63, 3.8) is 0 Å². The number of ether oxygens (including phenoxy) is 2. The quantitative estimate of drug-likeness (QED) is 0.421. The van der Waals surface area contributed by atoms with Crippen LogP contribution in [0.5, 0.6) is 0 Å². The van der Waals surface area contributed by atoms with Gasteiger partial charge in [0.1, 0.15) is 22.5 Å². The van der Waals surface area contributed by atoms with E-state index in [2.05, 4.69) is 5.32 Å². The minimum absolute atomic E-state index is 0.0414. The van der Waals surface area contributed by atoms with Crippen molar-refractivity contribution >= 4 is 52.5 Å². The van der Waals surface area contributed by atoms with Crippen molar-refractivity contribution in [1.82, 2.24) is 5.32 Å². The number of fused-ring (bicyclic) bond motifs is 4. The van der Waals surface area contributed by atoms with Crippen molar-refractivity contribution in [2.45, 2.75) is 63.7 Å². The van der Waals surface area contributed by atoms with Gasteiger partial charge < -0.3 is 19.7 Å². The van der Waals surface area contributed by atoms with E-state index in [9.17, 15) is 19.2 Å². The molecule has 2 spiro atoms. The minimum atomic E-state index is -1.90. The molecule has 3 atom stereocenters. The minimum Gasteiger partial charge on any atom is -0.460 e. The monoisotopic (exact) mass is 549 g/mol. The largest absolute Gasteiger partial charge is 0.460 e. The van der Waals surface area contributed by atoms with Gasteiger partial charge in [0.05, 0.1) is 10.7 Å². The van der Waals surface area contributed by atoms with Crippen LogP contribution in [0.2, 0.25) is 0 Å².